The third-order valence-electron chi connectivity index (χ3n) is 5.28. The van der Waals surface area contributed by atoms with E-state index in [1.54, 1.807) is 43.6 Å². The maximum atomic E-state index is 14.4. The molecule has 1 N–H and O–H groups in total. The van der Waals surface area contributed by atoms with Crippen LogP contribution in [-0.2, 0) is 18.3 Å². The van der Waals surface area contributed by atoms with Gasteiger partial charge in [0.15, 0.2) is 0 Å². The molecule has 0 radical (unpaired) electrons. The topological polar surface area (TPSA) is 51.1 Å². The van der Waals surface area contributed by atoms with E-state index in [-0.39, 0.29) is 12.0 Å². The molecule has 0 aliphatic heterocycles. The fourth-order valence-electron chi connectivity index (χ4n) is 3.73. The average molecular weight is 428 g/mol. The second-order valence-electron chi connectivity index (χ2n) is 7.39. The number of nitrogens with one attached hydrogen (secondary N) is 1. The van der Waals surface area contributed by atoms with E-state index in [1.807, 2.05) is 18.1 Å². The van der Waals surface area contributed by atoms with Gasteiger partial charge in [0, 0.05) is 42.4 Å². The van der Waals surface area contributed by atoms with Crippen molar-refractivity contribution in [3.8, 4) is 23.5 Å². The van der Waals surface area contributed by atoms with Crippen LogP contribution in [0.5, 0.6) is 0 Å². The molecule has 0 atom stereocenters. The minimum absolute atomic E-state index is 0.146. The lowest BCUT2D eigenvalue weighted by molar-refractivity contribution is -0.111. The average Bonchev–Trinajstić information content (AvgIpc) is 2.79. The van der Waals surface area contributed by atoms with Crippen LogP contribution in [0.25, 0.3) is 21.9 Å². The van der Waals surface area contributed by atoms with Gasteiger partial charge in [0.2, 0.25) is 0 Å². The highest BCUT2D eigenvalue weighted by atomic mass is 19.1. The first-order chi connectivity index (χ1) is 15.4. The molecule has 0 bridgehead atoms. The quantitative estimate of drug-likeness (QED) is 0.481. The summed E-state index contributed by atoms with van der Waals surface area (Å²) in [5.41, 5.74) is 2.80. The minimum atomic E-state index is -0.650. The van der Waals surface area contributed by atoms with Gasteiger partial charge in [-0.25, -0.2) is 8.78 Å². The summed E-state index contributed by atoms with van der Waals surface area (Å²) in [6.45, 7) is 0. The number of carbonyl (C=O) groups excluding carboxylic acids is 1. The highest BCUT2D eigenvalue weighted by Gasteiger charge is 2.15. The van der Waals surface area contributed by atoms with Crippen molar-refractivity contribution in [1.29, 1.82) is 0 Å². The number of terminal acetylenes is 1. The molecule has 1 aromatic heterocycles. The maximum Gasteiger partial charge on any atom is 0.300 e. The van der Waals surface area contributed by atoms with Crippen LogP contribution < -0.4 is 10.9 Å². The molecule has 4 aromatic rings. The van der Waals surface area contributed by atoms with Crippen molar-refractivity contribution in [2.24, 2.45) is 7.05 Å². The lowest BCUT2D eigenvalue weighted by atomic mass is 9.92. The molecule has 0 saturated heterocycles. The molecular weight excluding hydrogens is 410 g/mol. The zero-order valence-corrected chi connectivity index (χ0v) is 17.2. The summed E-state index contributed by atoms with van der Waals surface area (Å²) in [7, 11) is 1.65. The number of amides is 1. The van der Waals surface area contributed by atoms with Gasteiger partial charge >= 0.3 is 0 Å². The summed E-state index contributed by atoms with van der Waals surface area (Å²) in [6, 6.07) is 15.8. The van der Waals surface area contributed by atoms with Gasteiger partial charge in [0.1, 0.15) is 11.6 Å². The number of rotatable bonds is 4. The number of hydrogen-bond acceptors (Lipinski definition) is 2. The molecule has 0 fully saturated rings. The Bertz CT molecular complexity index is 1470. The highest BCUT2D eigenvalue weighted by Crippen LogP contribution is 2.33. The van der Waals surface area contributed by atoms with Gasteiger partial charge in [-0.1, -0.05) is 30.3 Å². The van der Waals surface area contributed by atoms with Crippen molar-refractivity contribution >= 4 is 22.4 Å². The standard InChI is InChI=1S/C26H18F2N2O2/c1-3-25(31)29-19-11-9-16(12-17-8-10-18(27)13-24(17)28)22(14-19)23-15-30(2)26(32)21-7-5-4-6-20(21)23/h1,4-11,13-15H,12H2,2H3,(H,29,31). The Balaban J connectivity index is 1.95. The summed E-state index contributed by atoms with van der Waals surface area (Å²) >= 11 is 0. The number of hydrogen-bond donors (Lipinski definition) is 1. The molecule has 4 nitrogen and oxygen atoms in total. The van der Waals surface area contributed by atoms with E-state index in [0.29, 0.717) is 22.2 Å². The number of benzene rings is 3. The number of halogens is 2. The second kappa shape index (κ2) is 8.48. The monoisotopic (exact) mass is 428 g/mol. The Hall–Kier alpha value is -4.24. The number of aryl methyl sites for hydroxylation is 1. The van der Waals surface area contributed by atoms with Crippen LogP contribution in [0, 0.1) is 24.0 Å². The Morgan fingerprint density at radius 1 is 1.00 bits per heavy atom. The zero-order valence-electron chi connectivity index (χ0n) is 17.2. The summed E-state index contributed by atoms with van der Waals surface area (Å²) in [6.07, 6.45) is 7.06. The van der Waals surface area contributed by atoms with Crippen LogP contribution in [0.1, 0.15) is 11.1 Å². The second-order valence-corrected chi connectivity index (χ2v) is 7.39. The summed E-state index contributed by atoms with van der Waals surface area (Å²) in [5, 5.41) is 3.87. The van der Waals surface area contributed by atoms with Gasteiger partial charge in [-0.3, -0.25) is 9.59 Å². The van der Waals surface area contributed by atoms with Crippen LogP contribution in [0.15, 0.2) is 71.7 Å². The number of fused-ring (bicyclic) bond motifs is 1. The Labute approximate surface area is 183 Å². The van der Waals surface area contributed by atoms with E-state index in [9.17, 15) is 18.4 Å². The van der Waals surface area contributed by atoms with Gasteiger partial charge in [-0.05, 0) is 52.3 Å². The molecule has 32 heavy (non-hydrogen) atoms. The van der Waals surface area contributed by atoms with Crippen molar-refractivity contribution < 1.29 is 13.6 Å². The van der Waals surface area contributed by atoms with E-state index in [0.717, 1.165) is 22.6 Å². The highest BCUT2D eigenvalue weighted by molar-refractivity contribution is 6.04. The van der Waals surface area contributed by atoms with Gasteiger partial charge < -0.3 is 9.88 Å². The van der Waals surface area contributed by atoms with Crippen LogP contribution in [0.2, 0.25) is 0 Å². The van der Waals surface area contributed by atoms with Crippen molar-refractivity contribution in [1.82, 2.24) is 4.57 Å². The molecule has 4 rings (SSSR count). The van der Waals surface area contributed by atoms with Gasteiger partial charge in [-0.2, -0.15) is 0 Å². The molecule has 6 heteroatoms. The largest absolute Gasteiger partial charge is 0.317 e. The van der Waals surface area contributed by atoms with Crippen molar-refractivity contribution in [3.63, 3.8) is 0 Å². The first kappa shape index (κ1) is 21.0. The Kier molecular flexibility index (Phi) is 5.57. The molecule has 1 amide bonds. The van der Waals surface area contributed by atoms with E-state index in [1.165, 1.54) is 16.7 Å². The third-order valence-corrected chi connectivity index (χ3v) is 5.28. The predicted octanol–water partition coefficient (Wildman–Crippen LogP) is 4.65. The summed E-state index contributed by atoms with van der Waals surface area (Å²) in [4.78, 5) is 24.3. The molecule has 3 aromatic carbocycles. The number of carbonyl (C=O) groups is 1. The molecular formula is C26H18F2N2O2. The van der Waals surface area contributed by atoms with Crippen LogP contribution in [0.4, 0.5) is 14.5 Å². The van der Waals surface area contributed by atoms with E-state index >= 15 is 0 Å². The lowest BCUT2D eigenvalue weighted by Gasteiger charge is -2.16. The van der Waals surface area contributed by atoms with Gasteiger partial charge in [0.25, 0.3) is 11.5 Å². The molecule has 0 spiro atoms. The van der Waals surface area contributed by atoms with Crippen molar-refractivity contribution in [2.45, 2.75) is 6.42 Å². The summed E-state index contributed by atoms with van der Waals surface area (Å²) in [5.74, 6) is 0.110. The van der Waals surface area contributed by atoms with Gasteiger partial charge in [-0.15, -0.1) is 6.42 Å². The Morgan fingerprint density at radius 3 is 2.44 bits per heavy atom. The molecule has 0 unspecified atom stereocenters. The Morgan fingerprint density at radius 2 is 1.72 bits per heavy atom. The number of pyridine rings is 1. The number of aromatic nitrogens is 1. The lowest BCUT2D eigenvalue weighted by Crippen LogP contribution is -2.16. The first-order valence-electron chi connectivity index (χ1n) is 9.80. The minimum Gasteiger partial charge on any atom is -0.317 e. The fourth-order valence-corrected chi connectivity index (χ4v) is 3.73. The van der Waals surface area contributed by atoms with Crippen molar-refractivity contribution in [2.75, 3.05) is 5.32 Å². The SMILES string of the molecule is C#CC(=O)Nc1ccc(Cc2ccc(F)cc2F)c(-c2cn(C)c(=O)c3ccccc23)c1. The van der Waals surface area contributed by atoms with Gasteiger partial charge in [0.05, 0.1) is 0 Å². The van der Waals surface area contributed by atoms with E-state index in [2.05, 4.69) is 5.32 Å². The maximum absolute atomic E-state index is 14.4. The number of anilines is 1. The van der Waals surface area contributed by atoms with E-state index in [4.69, 9.17) is 6.42 Å². The zero-order chi connectivity index (χ0) is 22.8. The molecule has 0 aliphatic carbocycles. The molecule has 0 aliphatic rings. The summed E-state index contributed by atoms with van der Waals surface area (Å²) < 4.78 is 29.2. The molecule has 158 valence electrons. The third kappa shape index (κ3) is 4.01. The predicted molar refractivity (Wildman–Crippen MR) is 121 cm³/mol. The fraction of sp³-hybridized carbons (Fsp3) is 0.0769. The van der Waals surface area contributed by atoms with Crippen LogP contribution in [0.3, 0.4) is 0 Å². The number of nitrogens with zero attached hydrogens (tertiary/aromatic N) is 1. The molecule has 0 saturated carbocycles. The first-order valence-corrected chi connectivity index (χ1v) is 9.80. The van der Waals surface area contributed by atoms with Crippen LogP contribution in [-0.4, -0.2) is 10.5 Å². The van der Waals surface area contributed by atoms with Crippen molar-refractivity contribution in [3.05, 3.63) is 100.0 Å². The smallest absolute Gasteiger partial charge is 0.300 e. The van der Waals surface area contributed by atoms with E-state index < -0.39 is 17.5 Å². The van der Waals surface area contributed by atoms with Crippen LogP contribution >= 0.6 is 0 Å². The normalized spacial score (nSPS) is 10.7. The molecule has 1 heterocycles.